The Balaban J connectivity index is 1.74. The Morgan fingerprint density at radius 2 is 2.11 bits per heavy atom. The van der Waals surface area contributed by atoms with Crippen LogP contribution in [0.5, 0.6) is 0 Å². The van der Waals surface area contributed by atoms with Crippen LogP contribution in [0.25, 0.3) is 11.3 Å². The van der Waals surface area contributed by atoms with E-state index < -0.39 is 10.0 Å². The molecule has 2 aromatic rings. The van der Waals surface area contributed by atoms with Gasteiger partial charge in [0.2, 0.25) is 15.9 Å². The molecule has 2 heterocycles. The lowest BCUT2D eigenvalue weighted by atomic mass is 9.99. The Labute approximate surface area is 158 Å². The highest BCUT2D eigenvalue weighted by Gasteiger charge is 2.33. The first-order chi connectivity index (χ1) is 12.9. The van der Waals surface area contributed by atoms with Gasteiger partial charge >= 0.3 is 0 Å². The molecule has 1 unspecified atom stereocenters. The first kappa shape index (κ1) is 19.5. The van der Waals surface area contributed by atoms with Crippen molar-refractivity contribution in [3.8, 4) is 11.3 Å². The summed E-state index contributed by atoms with van der Waals surface area (Å²) in [5.41, 5.74) is 6.84. The van der Waals surface area contributed by atoms with Crippen molar-refractivity contribution in [3.63, 3.8) is 0 Å². The van der Waals surface area contributed by atoms with Gasteiger partial charge in [-0.1, -0.05) is 12.1 Å². The summed E-state index contributed by atoms with van der Waals surface area (Å²) in [7, 11) is -3.66. The standard InChI is InChI=1S/C18H24N4O4S/c1-13-21-17(12-26-13)14-4-6-16(7-5-14)27(24,25)22-10-2-3-15(11-22)18(23)20-9-8-19/h4-7,12,15H,2-3,8-11,19H2,1H3,(H,20,23). The second-order valence-electron chi connectivity index (χ2n) is 6.56. The molecular weight excluding hydrogens is 368 g/mol. The predicted octanol–water partition coefficient (Wildman–Crippen LogP) is 1.13. The van der Waals surface area contributed by atoms with E-state index in [4.69, 9.17) is 10.2 Å². The number of nitrogens with one attached hydrogen (secondary N) is 1. The largest absolute Gasteiger partial charge is 0.449 e. The van der Waals surface area contributed by atoms with Gasteiger partial charge in [-0.25, -0.2) is 13.4 Å². The number of benzene rings is 1. The van der Waals surface area contributed by atoms with Crippen LogP contribution in [0.15, 0.2) is 39.8 Å². The van der Waals surface area contributed by atoms with Gasteiger partial charge in [-0.3, -0.25) is 4.79 Å². The van der Waals surface area contributed by atoms with Crippen LogP contribution in [0.2, 0.25) is 0 Å². The number of aromatic nitrogens is 1. The van der Waals surface area contributed by atoms with Crippen LogP contribution in [0.1, 0.15) is 18.7 Å². The number of rotatable bonds is 6. The number of carbonyl (C=O) groups excluding carboxylic acids is 1. The summed E-state index contributed by atoms with van der Waals surface area (Å²) in [6, 6.07) is 6.54. The Hall–Kier alpha value is -2.23. The molecule has 3 N–H and O–H groups in total. The molecule has 1 aliphatic heterocycles. The maximum atomic E-state index is 13.0. The highest BCUT2D eigenvalue weighted by atomic mass is 32.2. The lowest BCUT2D eigenvalue weighted by Gasteiger charge is -2.31. The van der Waals surface area contributed by atoms with E-state index >= 15 is 0 Å². The number of oxazole rings is 1. The van der Waals surface area contributed by atoms with Gasteiger partial charge in [-0.2, -0.15) is 4.31 Å². The second-order valence-corrected chi connectivity index (χ2v) is 8.50. The predicted molar refractivity (Wildman–Crippen MR) is 100 cm³/mol. The SMILES string of the molecule is Cc1nc(-c2ccc(S(=O)(=O)N3CCCC(C(=O)NCCN)C3)cc2)co1. The zero-order chi connectivity index (χ0) is 19.4. The normalized spacial score (nSPS) is 18.4. The summed E-state index contributed by atoms with van der Waals surface area (Å²) in [4.78, 5) is 16.6. The maximum absolute atomic E-state index is 13.0. The van der Waals surface area contributed by atoms with Gasteiger partial charge in [0, 0.05) is 38.7 Å². The second kappa shape index (κ2) is 8.20. The highest BCUT2D eigenvalue weighted by molar-refractivity contribution is 7.89. The molecule has 0 aliphatic carbocycles. The monoisotopic (exact) mass is 392 g/mol. The Morgan fingerprint density at radius 3 is 2.74 bits per heavy atom. The van der Waals surface area contributed by atoms with E-state index in [-0.39, 0.29) is 23.3 Å². The van der Waals surface area contributed by atoms with Crippen LogP contribution in [0, 0.1) is 12.8 Å². The van der Waals surface area contributed by atoms with Gasteiger partial charge in [0.1, 0.15) is 12.0 Å². The van der Waals surface area contributed by atoms with Gasteiger partial charge in [0.15, 0.2) is 5.89 Å². The molecule has 9 heteroatoms. The molecular formula is C18H24N4O4S. The van der Waals surface area contributed by atoms with Gasteiger partial charge < -0.3 is 15.5 Å². The lowest BCUT2D eigenvalue weighted by Crippen LogP contribution is -2.46. The number of carbonyl (C=O) groups is 1. The van der Waals surface area contributed by atoms with Gasteiger partial charge in [-0.05, 0) is 25.0 Å². The summed E-state index contributed by atoms with van der Waals surface area (Å²) in [5.74, 6) is 0.0588. The molecule has 1 atom stereocenters. The van der Waals surface area contributed by atoms with Gasteiger partial charge in [0.25, 0.3) is 0 Å². The van der Waals surface area contributed by atoms with E-state index in [9.17, 15) is 13.2 Å². The van der Waals surface area contributed by atoms with Crippen LogP contribution in [-0.4, -0.2) is 49.8 Å². The fourth-order valence-electron chi connectivity index (χ4n) is 3.16. The zero-order valence-corrected chi connectivity index (χ0v) is 16.0. The van der Waals surface area contributed by atoms with Crippen molar-refractivity contribution in [2.24, 2.45) is 11.7 Å². The fourth-order valence-corrected chi connectivity index (χ4v) is 4.68. The molecule has 27 heavy (non-hydrogen) atoms. The van der Waals surface area contributed by atoms with E-state index in [1.54, 1.807) is 31.2 Å². The van der Waals surface area contributed by atoms with Crippen LogP contribution < -0.4 is 11.1 Å². The van der Waals surface area contributed by atoms with Crippen LogP contribution >= 0.6 is 0 Å². The number of aryl methyl sites for hydroxylation is 1. The lowest BCUT2D eigenvalue weighted by molar-refractivity contribution is -0.126. The smallest absolute Gasteiger partial charge is 0.243 e. The number of amides is 1. The average molecular weight is 392 g/mol. The molecule has 0 saturated carbocycles. The molecule has 1 fully saturated rings. The topological polar surface area (TPSA) is 119 Å². The van der Waals surface area contributed by atoms with Crippen molar-refractivity contribution in [1.82, 2.24) is 14.6 Å². The zero-order valence-electron chi connectivity index (χ0n) is 15.2. The fraction of sp³-hybridized carbons (Fsp3) is 0.444. The Kier molecular flexibility index (Phi) is 5.93. The first-order valence-electron chi connectivity index (χ1n) is 8.92. The summed E-state index contributed by atoms with van der Waals surface area (Å²) in [5, 5.41) is 2.74. The summed E-state index contributed by atoms with van der Waals surface area (Å²) >= 11 is 0. The third-order valence-electron chi connectivity index (χ3n) is 4.61. The number of piperidine rings is 1. The van der Waals surface area contributed by atoms with Gasteiger partial charge in [0.05, 0.1) is 10.8 Å². The van der Waals surface area contributed by atoms with E-state index in [0.29, 0.717) is 44.1 Å². The molecule has 146 valence electrons. The van der Waals surface area contributed by atoms with Crippen molar-refractivity contribution >= 4 is 15.9 Å². The molecule has 0 spiro atoms. The van der Waals surface area contributed by atoms with Crippen molar-refractivity contribution in [3.05, 3.63) is 36.4 Å². The maximum Gasteiger partial charge on any atom is 0.243 e. The van der Waals surface area contributed by atoms with Crippen LogP contribution in [-0.2, 0) is 14.8 Å². The minimum Gasteiger partial charge on any atom is -0.449 e. The van der Waals surface area contributed by atoms with E-state index in [1.807, 2.05) is 0 Å². The molecule has 1 aromatic heterocycles. The summed E-state index contributed by atoms with van der Waals surface area (Å²) in [6.45, 7) is 3.10. The van der Waals surface area contributed by atoms with Crippen molar-refractivity contribution in [2.45, 2.75) is 24.7 Å². The molecule has 0 bridgehead atoms. The molecule has 1 saturated heterocycles. The van der Waals surface area contributed by atoms with Crippen molar-refractivity contribution < 1.29 is 17.6 Å². The first-order valence-corrected chi connectivity index (χ1v) is 10.4. The third-order valence-corrected chi connectivity index (χ3v) is 6.48. The number of nitrogens with zero attached hydrogens (tertiary/aromatic N) is 2. The highest BCUT2D eigenvalue weighted by Crippen LogP contribution is 2.26. The molecule has 1 aromatic carbocycles. The van der Waals surface area contributed by atoms with E-state index in [0.717, 1.165) is 5.56 Å². The molecule has 0 radical (unpaired) electrons. The minimum atomic E-state index is -3.66. The molecule has 1 aliphatic rings. The van der Waals surface area contributed by atoms with Crippen LogP contribution in [0.4, 0.5) is 0 Å². The van der Waals surface area contributed by atoms with Crippen molar-refractivity contribution in [1.29, 1.82) is 0 Å². The van der Waals surface area contributed by atoms with Crippen molar-refractivity contribution in [2.75, 3.05) is 26.2 Å². The van der Waals surface area contributed by atoms with Crippen LogP contribution in [0.3, 0.4) is 0 Å². The molecule has 1 amide bonds. The third kappa shape index (κ3) is 4.37. The summed E-state index contributed by atoms with van der Waals surface area (Å²) in [6.07, 6.45) is 2.86. The quantitative estimate of drug-likeness (QED) is 0.761. The molecule has 3 rings (SSSR count). The number of hydrogen-bond donors (Lipinski definition) is 2. The number of nitrogens with two attached hydrogens (primary N) is 1. The Bertz CT molecular complexity index is 892. The average Bonchev–Trinajstić information content (AvgIpc) is 3.12. The minimum absolute atomic E-state index is 0.142. The molecule has 8 nitrogen and oxygen atoms in total. The van der Waals surface area contributed by atoms with E-state index in [2.05, 4.69) is 10.3 Å². The van der Waals surface area contributed by atoms with Gasteiger partial charge in [-0.15, -0.1) is 0 Å². The summed E-state index contributed by atoms with van der Waals surface area (Å²) < 4.78 is 32.5. The number of hydrogen-bond acceptors (Lipinski definition) is 6. The number of sulfonamides is 1. The van der Waals surface area contributed by atoms with E-state index in [1.165, 1.54) is 10.6 Å². The Morgan fingerprint density at radius 1 is 1.37 bits per heavy atom.